The smallest absolute Gasteiger partial charge is 0.283 e. The summed E-state index contributed by atoms with van der Waals surface area (Å²) in [6.07, 6.45) is 10.6. The molecule has 3 rings (SSSR count). The highest BCUT2D eigenvalue weighted by Gasteiger charge is 2.25. The van der Waals surface area contributed by atoms with Crippen molar-refractivity contribution >= 4 is 35.4 Å². The Bertz CT molecular complexity index is 851. The van der Waals surface area contributed by atoms with Crippen molar-refractivity contribution in [3.8, 4) is 0 Å². The molecule has 0 bridgehead atoms. The van der Waals surface area contributed by atoms with Crippen LogP contribution < -0.4 is 5.32 Å². The second-order valence-electron chi connectivity index (χ2n) is 6.78. The number of nitrogens with zero attached hydrogens (tertiary/aromatic N) is 1. The zero-order chi connectivity index (χ0) is 19.9. The van der Waals surface area contributed by atoms with Gasteiger partial charge in [-0.3, -0.25) is 9.59 Å². The molecule has 1 heterocycles. The highest BCUT2D eigenvalue weighted by atomic mass is 32.2. The highest BCUT2D eigenvalue weighted by Crippen LogP contribution is 2.32. The number of thioether (sulfide) groups is 1. The normalized spacial score (nSPS) is 19.7. The molecule has 6 heteroatoms. The first-order chi connectivity index (χ1) is 13.5. The fraction of sp³-hybridized carbons (Fsp3) is 0.318. The number of ether oxygens (including phenoxy) is 1. The molecule has 1 aromatic rings. The third-order valence-electron chi connectivity index (χ3n) is 4.18. The molecule has 0 aromatic heterocycles. The first-order valence-corrected chi connectivity index (χ1v) is 10.3. The van der Waals surface area contributed by atoms with Gasteiger partial charge in [-0.25, -0.2) is 4.99 Å². The van der Waals surface area contributed by atoms with Crippen molar-refractivity contribution in [3.05, 3.63) is 64.6 Å². The van der Waals surface area contributed by atoms with E-state index in [0.29, 0.717) is 23.6 Å². The third kappa shape index (κ3) is 5.53. The lowest BCUT2D eigenvalue weighted by Crippen LogP contribution is -2.25. The van der Waals surface area contributed by atoms with Crippen LogP contribution in [0.2, 0.25) is 0 Å². The van der Waals surface area contributed by atoms with Crippen LogP contribution in [0.1, 0.15) is 36.2 Å². The molecule has 0 fully saturated rings. The van der Waals surface area contributed by atoms with E-state index < -0.39 is 0 Å². The van der Waals surface area contributed by atoms with Crippen LogP contribution in [0, 0.1) is 0 Å². The number of carbonyl (C=O) groups excluding carboxylic acids is 2. The summed E-state index contributed by atoms with van der Waals surface area (Å²) in [5.41, 5.74) is 2.25. The second-order valence-corrected chi connectivity index (χ2v) is 7.97. The topological polar surface area (TPSA) is 67.8 Å². The molecule has 1 unspecified atom stereocenters. The number of rotatable bonds is 7. The average molecular weight is 397 g/mol. The molecule has 1 N–H and O–H groups in total. The average Bonchev–Trinajstić information content (AvgIpc) is 2.68. The molecule has 0 spiro atoms. The fourth-order valence-corrected chi connectivity index (χ4v) is 3.79. The standard InChI is InChI=1S/C22H24N2O3S/c1-15(2)27-13-5-12-23-21(25)17-10-8-16(9-11-17)14-20-22(26)24-18-6-3-4-7-19(18)28-20/h3-4,6-11,14-15,19H,5,12-13H2,1-2H3,(H,23,25)/b20-14+. The Balaban J connectivity index is 1.57. The summed E-state index contributed by atoms with van der Waals surface area (Å²) in [5.74, 6) is -0.332. The van der Waals surface area contributed by atoms with E-state index in [0.717, 1.165) is 17.7 Å². The number of amides is 2. The van der Waals surface area contributed by atoms with E-state index in [-0.39, 0.29) is 23.2 Å². The Morgan fingerprint density at radius 3 is 2.82 bits per heavy atom. The van der Waals surface area contributed by atoms with E-state index in [2.05, 4.69) is 10.3 Å². The number of fused-ring (bicyclic) bond motifs is 1. The zero-order valence-electron chi connectivity index (χ0n) is 16.1. The lowest BCUT2D eigenvalue weighted by atomic mass is 10.1. The molecule has 1 atom stereocenters. The molecule has 5 nitrogen and oxygen atoms in total. The quantitative estimate of drug-likeness (QED) is 0.563. The van der Waals surface area contributed by atoms with Crippen molar-refractivity contribution in [1.29, 1.82) is 0 Å². The Kier molecular flexibility index (Phi) is 7.01. The minimum Gasteiger partial charge on any atom is -0.379 e. The molecular formula is C22H24N2O3S. The molecule has 28 heavy (non-hydrogen) atoms. The number of hydrogen-bond acceptors (Lipinski definition) is 4. The van der Waals surface area contributed by atoms with Crippen molar-refractivity contribution in [2.24, 2.45) is 4.99 Å². The van der Waals surface area contributed by atoms with E-state index in [1.54, 1.807) is 12.1 Å². The van der Waals surface area contributed by atoms with Gasteiger partial charge < -0.3 is 10.1 Å². The maximum absolute atomic E-state index is 12.2. The van der Waals surface area contributed by atoms with Gasteiger partial charge in [0.1, 0.15) is 0 Å². The summed E-state index contributed by atoms with van der Waals surface area (Å²) in [6, 6.07) is 7.21. The minimum atomic E-state index is -0.221. The lowest BCUT2D eigenvalue weighted by Gasteiger charge is -2.20. The van der Waals surface area contributed by atoms with Crippen LogP contribution >= 0.6 is 11.8 Å². The molecule has 1 aromatic carbocycles. The molecule has 0 saturated heterocycles. The molecule has 1 aliphatic carbocycles. The molecule has 146 valence electrons. The summed E-state index contributed by atoms with van der Waals surface area (Å²) >= 11 is 1.50. The first-order valence-electron chi connectivity index (χ1n) is 9.39. The monoisotopic (exact) mass is 396 g/mol. The molecule has 0 saturated carbocycles. The molecule has 1 aliphatic heterocycles. The Hall–Kier alpha value is -2.44. The van der Waals surface area contributed by atoms with E-state index in [1.165, 1.54) is 11.8 Å². The number of nitrogens with one attached hydrogen (secondary N) is 1. The third-order valence-corrected chi connectivity index (χ3v) is 5.38. The van der Waals surface area contributed by atoms with Crippen LogP contribution in [0.4, 0.5) is 0 Å². The van der Waals surface area contributed by atoms with Gasteiger partial charge in [-0.15, -0.1) is 11.8 Å². The molecule has 2 amide bonds. The van der Waals surface area contributed by atoms with Crippen LogP contribution in [0.3, 0.4) is 0 Å². The number of allylic oxidation sites excluding steroid dienone is 3. The lowest BCUT2D eigenvalue weighted by molar-refractivity contribution is -0.113. The van der Waals surface area contributed by atoms with Gasteiger partial charge in [0.05, 0.1) is 22.0 Å². The maximum Gasteiger partial charge on any atom is 0.283 e. The SMILES string of the molecule is CC(C)OCCCNC(=O)c1ccc(/C=C2/SC3C=CC=CC3=NC2=O)cc1. The van der Waals surface area contributed by atoms with E-state index >= 15 is 0 Å². The van der Waals surface area contributed by atoms with Crippen LogP contribution in [-0.4, -0.2) is 42.0 Å². The van der Waals surface area contributed by atoms with Gasteiger partial charge in [-0.1, -0.05) is 30.4 Å². The van der Waals surface area contributed by atoms with Gasteiger partial charge in [-0.2, -0.15) is 0 Å². The van der Waals surface area contributed by atoms with E-state index in [4.69, 9.17) is 4.74 Å². The predicted molar refractivity (Wildman–Crippen MR) is 115 cm³/mol. The molecule has 0 radical (unpaired) electrons. The first kappa shape index (κ1) is 20.3. The Labute approximate surface area is 169 Å². The number of hydrogen-bond donors (Lipinski definition) is 1. The molecule has 2 aliphatic rings. The fourth-order valence-electron chi connectivity index (χ4n) is 2.75. The molecular weight excluding hydrogens is 372 g/mol. The number of aliphatic imine (C=N–C) groups is 1. The van der Waals surface area contributed by atoms with Gasteiger partial charge in [0.25, 0.3) is 11.8 Å². The maximum atomic E-state index is 12.2. The van der Waals surface area contributed by atoms with Crippen LogP contribution in [0.25, 0.3) is 6.08 Å². The van der Waals surface area contributed by atoms with Gasteiger partial charge in [0, 0.05) is 18.7 Å². The summed E-state index contributed by atoms with van der Waals surface area (Å²) in [5, 5.41) is 2.97. The Morgan fingerprint density at radius 2 is 2.07 bits per heavy atom. The van der Waals surface area contributed by atoms with Crippen LogP contribution in [-0.2, 0) is 9.53 Å². The van der Waals surface area contributed by atoms with Gasteiger partial charge in [0.2, 0.25) is 0 Å². The van der Waals surface area contributed by atoms with Crippen molar-refractivity contribution in [2.45, 2.75) is 31.6 Å². The van der Waals surface area contributed by atoms with Crippen molar-refractivity contribution in [1.82, 2.24) is 5.32 Å². The zero-order valence-corrected chi connectivity index (χ0v) is 16.9. The van der Waals surface area contributed by atoms with Gasteiger partial charge in [-0.05, 0) is 50.1 Å². The summed E-state index contributed by atoms with van der Waals surface area (Å²) < 4.78 is 5.45. The van der Waals surface area contributed by atoms with E-state index in [1.807, 2.05) is 56.4 Å². The minimum absolute atomic E-state index is 0.0821. The van der Waals surface area contributed by atoms with Crippen LogP contribution in [0.15, 0.2) is 58.5 Å². The number of carbonyl (C=O) groups is 2. The number of benzene rings is 1. The predicted octanol–water partition coefficient (Wildman–Crippen LogP) is 3.78. The summed E-state index contributed by atoms with van der Waals surface area (Å²) in [7, 11) is 0. The van der Waals surface area contributed by atoms with Crippen molar-refractivity contribution in [3.63, 3.8) is 0 Å². The Morgan fingerprint density at radius 1 is 1.29 bits per heavy atom. The van der Waals surface area contributed by atoms with Crippen molar-refractivity contribution in [2.75, 3.05) is 13.2 Å². The van der Waals surface area contributed by atoms with Crippen molar-refractivity contribution < 1.29 is 14.3 Å². The largest absolute Gasteiger partial charge is 0.379 e. The summed E-state index contributed by atoms with van der Waals surface area (Å²) in [4.78, 5) is 29.2. The summed E-state index contributed by atoms with van der Waals surface area (Å²) in [6.45, 7) is 5.19. The van der Waals surface area contributed by atoms with Gasteiger partial charge >= 0.3 is 0 Å². The second kappa shape index (κ2) is 9.66. The van der Waals surface area contributed by atoms with Crippen LogP contribution in [0.5, 0.6) is 0 Å². The van der Waals surface area contributed by atoms with E-state index in [9.17, 15) is 9.59 Å². The van der Waals surface area contributed by atoms with Gasteiger partial charge in [0.15, 0.2) is 0 Å². The highest BCUT2D eigenvalue weighted by molar-refractivity contribution is 8.05.